The second kappa shape index (κ2) is 7.07. The summed E-state index contributed by atoms with van der Waals surface area (Å²) in [6.45, 7) is 3.90. The van der Waals surface area contributed by atoms with Crippen molar-refractivity contribution >= 4 is 5.91 Å². The number of aliphatic hydroxyl groups is 1. The van der Waals surface area contributed by atoms with Gasteiger partial charge in [-0.3, -0.25) is 4.79 Å². The number of hydrogen-bond donors (Lipinski definition) is 2. The predicted molar refractivity (Wildman–Crippen MR) is 68.5 cm³/mol. The quantitative estimate of drug-likeness (QED) is 0.794. The molecule has 0 aliphatic heterocycles. The SMILES string of the molecule is CCCC(C)C(=O)N[C@H](CO)c1ccccc1. The number of amides is 1. The Morgan fingerprint density at radius 1 is 1.35 bits per heavy atom. The molecule has 1 rings (SSSR count). The zero-order valence-electron chi connectivity index (χ0n) is 10.5. The molecule has 1 aromatic carbocycles. The molecule has 3 nitrogen and oxygen atoms in total. The second-order valence-corrected chi connectivity index (χ2v) is 4.34. The van der Waals surface area contributed by atoms with Crippen molar-refractivity contribution in [1.82, 2.24) is 5.32 Å². The van der Waals surface area contributed by atoms with Gasteiger partial charge in [0.05, 0.1) is 12.6 Å². The third-order valence-electron chi connectivity index (χ3n) is 2.87. The van der Waals surface area contributed by atoms with Gasteiger partial charge in [-0.25, -0.2) is 0 Å². The highest BCUT2D eigenvalue weighted by Crippen LogP contribution is 2.13. The molecule has 1 unspecified atom stereocenters. The maximum Gasteiger partial charge on any atom is 0.223 e. The fraction of sp³-hybridized carbons (Fsp3) is 0.500. The first-order valence-corrected chi connectivity index (χ1v) is 6.15. The Morgan fingerprint density at radius 3 is 2.53 bits per heavy atom. The highest BCUT2D eigenvalue weighted by molar-refractivity contribution is 5.78. The van der Waals surface area contributed by atoms with Crippen molar-refractivity contribution < 1.29 is 9.90 Å². The number of hydrogen-bond acceptors (Lipinski definition) is 2. The Hall–Kier alpha value is -1.35. The molecule has 17 heavy (non-hydrogen) atoms. The molecule has 0 spiro atoms. The summed E-state index contributed by atoms with van der Waals surface area (Å²) in [5, 5.41) is 12.2. The molecule has 2 N–H and O–H groups in total. The molecule has 0 aliphatic carbocycles. The summed E-state index contributed by atoms with van der Waals surface area (Å²) in [5.41, 5.74) is 0.937. The van der Waals surface area contributed by atoms with Gasteiger partial charge in [0, 0.05) is 5.92 Å². The van der Waals surface area contributed by atoms with Crippen molar-refractivity contribution in [3.05, 3.63) is 35.9 Å². The normalized spacial score (nSPS) is 14.1. The van der Waals surface area contributed by atoms with Gasteiger partial charge in [-0.15, -0.1) is 0 Å². The van der Waals surface area contributed by atoms with E-state index in [4.69, 9.17) is 0 Å². The van der Waals surface area contributed by atoms with Crippen LogP contribution in [0.5, 0.6) is 0 Å². The fourth-order valence-electron chi connectivity index (χ4n) is 1.80. The summed E-state index contributed by atoms with van der Waals surface area (Å²) >= 11 is 0. The highest BCUT2D eigenvalue weighted by atomic mass is 16.3. The van der Waals surface area contributed by atoms with Gasteiger partial charge in [-0.05, 0) is 12.0 Å². The number of benzene rings is 1. The number of carbonyl (C=O) groups excluding carboxylic acids is 1. The largest absolute Gasteiger partial charge is 0.394 e. The van der Waals surface area contributed by atoms with E-state index in [0.717, 1.165) is 18.4 Å². The van der Waals surface area contributed by atoms with Crippen molar-refractivity contribution in [3.63, 3.8) is 0 Å². The first-order chi connectivity index (χ1) is 8.19. The van der Waals surface area contributed by atoms with Gasteiger partial charge < -0.3 is 10.4 Å². The summed E-state index contributed by atoms with van der Waals surface area (Å²) in [6, 6.07) is 9.23. The zero-order valence-corrected chi connectivity index (χ0v) is 10.5. The van der Waals surface area contributed by atoms with Crippen LogP contribution in [0.2, 0.25) is 0 Å². The molecule has 94 valence electrons. The molecule has 0 heterocycles. The van der Waals surface area contributed by atoms with E-state index in [0.29, 0.717) is 0 Å². The molecular formula is C14H21NO2. The van der Waals surface area contributed by atoms with Crippen LogP contribution < -0.4 is 5.32 Å². The Labute approximate surface area is 103 Å². The minimum atomic E-state index is -0.303. The van der Waals surface area contributed by atoms with E-state index < -0.39 is 0 Å². The van der Waals surface area contributed by atoms with Crippen molar-refractivity contribution in [2.45, 2.75) is 32.7 Å². The number of carbonyl (C=O) groups is 1. The Bertz CT molecular complexity index is 337. The van der Waals surface area contributed by atoms with Crippen molar-refractivity contribution in [3.8, 4) is 0 Å². The molecular weight excluding hydrogens is 214 g/mol. The van der Waals surface area contributed by atoms with Gasteiger partial charge in [-0.1, -0.05) is 50.6 Å². The molecule has 1 aromatic rings. The van der Waals surface area contributed by atoms with E-state index in [9.17, 15) is 9.90 Å². The molecule has 0 aliphatic rings. The third kappa shape index (κ3) is 4.19. The van der Waals surface area contributed by atoms with Crippen LogP contribution in [0, 0.1) is 5.92 Å². The second-order valence-electron chi connectivity index (χ2n) is 4.34. The van der Waals surface area contributed by atoms with Crippen LogP contribution in [0.4, 0.5) is 0 Å². The summed E-state index contributed by atoms with van der Waals surface area (Å²) in [6.07, 6.45) is 1.86. The van der Waals surface area contributed by atoms with Crippen molar-refractivity contribution in [1.29, 1.82) is 0 Å². The molecule has 0 radical (unpaired) electrons. The molecule has 0 saturated heterocycles. The molecule has 2 atom stereocenters. The average molecular weight is 235 g/mol. The summed E-state index contributed by atoms with van der Waals surface area (Å²) < 4.78 is 0. The predicted octanol–water partition coefficient (Wildman–Crippen LogP) is 2.27. The molecule has 3 heteroatoms. The van der Waals surface area contributed by atoms with E-state index in [-0.39, 0.29) is 24.5 Å². The van der Waals surface area contributed by atoms with Crippen molar-refractivity contribution in [2.24, 2.45) is 5.92 Å². The smallest absolute Gasteiger partial charge is 0.223 e. The monoisotopic (exact) mass is 235 g/mol. The van der Waals surface area contributed by atoms with Gasteiger partial charge in [0.25, 0.3) is 0 Å². The van der Waals surface area contributed by atoms with E-state index in [1.165, 1.54) is 0 Å². The lowest BCUT2D eigenvalue weighted by Gasteiger charge is -2.19. The Kier molecular flexibility index (Phi) is 5.70. The first-order valence-electron chi connectivity index (χ1n) is 6.15. The summed E-state index contributed by atoms with van der Waals surface area (Å²) in [5.74, 6) is 0.00696. The number of nitrogens with one attached hydrogen (secondary N) is 1. The minimum Gasteiger partial charge on any atom is -0.394 e. The maximum atomic E-state index is 11.9. The minimum absolute atomic E-state index is 0.00207. The van der Waals surface area contributed by atoms with E-state index in [2.05, 4.69) is 12.2 Å². The van der Waals surface area contributed by atoms with Gasteiger partial charge in [0.15, 0.2) is 0 Å². The Morgan fingerprint density at radius 2 is 2.00 bits per heavy atom. The first kappa shape index (κ1) is 13.7. The van der Waals surface area contributed by atoms with E-state index in [1.54, 1.807) is 0 Å². The van der Waals surface area contributed by atoms with Crippen LogP contribution in [0.25, 0.3) is 0 Å². The lowest BCUT2D eigenvalue weighted by atomic mass is 10.0. The van der Waals surface area contributed by atoms with Crippen molar-refractivity contribution in [2.75, 3.05) is 6.61 Å². The van der Waals surface area contributed by atoms with E-state index >= 15 is 0 Å². The number of rotatable bonds is 6. The zero-order chi connectivity index (χ0) is 12.7. The van der Waals surface area contributed by atoms with Crippen LogP contribution in [0.3, 0.4) is 0 Å². The lowest BCUT2D eigenvalue weighted by Crippen LogP contribution is -2.34. The standard InChI is InChI=1S/C14H21NO2/c1-3-7-11(2)14(17)15-13(10-16)12-8-5-4-6-9-12/h4-6,8-9,11,13,16H,3,7,10H2,1-2H3,(H,15,17)/t11?,13-/m1/s1. The van der Waals surface area contributed by atoms with Crippen LogP contribution in [-0.4, -0.2) is 17.6 Å². The molecule has 0 saturated carbocycles. The van der Waals surface area contributed by atoms with Crippen LogP contribution >= 0.6 is 0 Å². The molecule has 0 fully saturated rings. The molecule has 0 aromatic heterocycles. The fourth-order valence-corrected chi connectivity index (χ4v) is 1.80. The maximum absolute atomic E-state index is 11.9. The number of aliphatic hydroxyl groups excluding tert-OH is 1. The summed E-state index contributed by atoms with van der Waals surface area (Å²) in [4.78, 5) is 11.9. The highest BCUT2D eigenvalue weighted by Gasteiger charge is 2.17. The van der Waals surface area contributed by atoms with Crippen LogP contribution in [0.1, 0.15) is 38.3 Å². The molecule has 1 amide bonds. The van der Waals surface area contributed by atoms with Gasteiger partial charge in [0.2, 0.25) is 5.91 Å². The average Bonchev–Trinajstić information content (AvgIpc) is 2.37. The van der Waals surface area contributed by atoms with E-state index in [1.807, 2.05) is 37.3 Å². The Balaban J connectivity index is 2.62. The van der Waals surface area contributed by atoms with Gasteiger partial charge in [0.1, 0.15) is 0 Å². The molecule has 0 bridgehead atoms. The third-order valence-corrected chi connectivity index (χ3v) is 2.87. The topological polar surface area (TPSA) is 49.3 Å². The summed E-state index contributed by atoms with van der Waals surface area (Å²) in [7, 11) is 0. The van der Waals surface area contributed by atoms with Crippen LogP contribution in [-0.2, 0) is 4.79 Å². The van der Waals surface area contributed by atoms with Gasteiger partial charge >= 0.3 is 0 Å². The lowest BCUT2D eigenvalue weighted by molar-refractivity contribution is -0.125. The van der Waals surface area contributed by atoms with Gasteiger partial charge in [-0.2, -0.15) is 0 Å². The van der Waals surface area contributed by atoms with Crippen LogP contribution in [0.15, 0.2) is 30.3 Å².